The summed E-state index contributed by atoms with van der Waals surface area (Å²) in [4.78, 5) is 0. The van der Waals surface area contributed by atoms with E-state index in [1.54, 1.807) is 12.5 Å². The normalized spacial score (nSPS) is 13.0. The Kier molecular flexibility index (Phi) is 2.46. The molecule has 0 saturated carbocycles. The van der Waals surface area contributed by atoms with Crippen molar-refractivity contribution in [2.24, 2.45) is 5.73 Å². The average molecular weight is 227 g/mol. The molecule has 0 aliphatic carbocycles. The lowest BCUT2D eigenvalue weighted by Gasteiger charge is -2.05. The van der Waals surface area contributed by atoms with Crippen LogP contribution in [0, 0.1) is 0 Å². The second kappa shape index (κ2) is 4.11. The average Bonchev–Trinajstić information content (AvgIpc) is 2.96. The van der Waals surface area contributed by atoms with Crippen LogP contribution in [0.15, 0.2) is 57.8 Å². The molecule has 1 aromatic carbocycles. The van der Waals surface area contributed by atoms with Crippen molar-refractivity contribution in [3.63, 3.8) is 0 Å². The van der Waals surface area contributed by atoms with Crippen molar-refractivity contribution in [2.75, 3.05) is 0 Å². The van der Waals surface area contributed by atoms with Crippen LogP contribution in [0.1, 0.15) is 17.4 Å². The van der Waals surface area contributed by atoms with E-state index in [0.717, 1.165) is 28.7 Å². The molecule has 86 valence electrons. The minimum Gasteiger partial charge on any atom is -0.472 e. The number of fused-ring (bicyclic) bond motifs is 1. The van der Waals surface area contributed by atoms with Gasteiger partial charge in [-0.05, 0) is 30.2 Å². The number of benzene rings is 1. The molecule has 0 spiro atoms. The lowest BCUT2D eigenvalue weighted by molar-refractivity contribution is 0.491. The van der Waals surface area contributed by atoms with Gasteiger partial charge in [0.2, 0.25) is 0 Å². The van der Waals surface area contributed by atoms with Gasteiger partial charge < -0.3 is 14.6 Å². The topological polar surface area (TPSA) is 52.3 Å². The number of hydrogen-bond acceptors (Lipinski definition) is 3. The lowest BCUT2D eigenvalue weighted by atomic mass is 10.1. The van der Waals surface area contributed by atoms with Gasteiger partial charge in [0.15, 0.2) is 0 Å². The van der Waals surface area contributed by atoms with Crippen LogP contribution in [0.4, 0.5) is 0 Å². The van der Waals surface area contributed by atoms with Crippen molar-refractivity contribution in [3.8, 4) is 0 Å². The van der Waals surface area contributed by atoms with Crippen LogP contribution in [0.25, 0.3) is 11.0 Å². The zero-order valence-corrected chi connectivity index (χ0v) is 9.30. The van der Waals surface area contributed by atoms with Crippen molar-refractivity contribution in [2.45, 2.75) is 12.5 Å². The first-order valence-electron chi connectivity index (χ1n) is 5.58. The maximum atomic E-state index is 6.11. The Labute approximate surface area is 98.8 Å². The summed E-state index contributed by atoms with van der Waals surface area (Å²) < 4.78 is 10.7. The summed E-state index contributed by atoms with van der Waals surface area (Å²) in [5.74, 6) is 0.812. The monoisotopic (exact) mass is 227 g/mol. The molecule has 0 saturated heterocycles. The van der Waals surface area contributed by atoms with Crippen LogP contribution in [0.2, 0.25) is 0 Å². The molecule has 1 unspecified atom stereocenters. The molecule has 3 aromatic rings. The Hall–Kier alpha value is -2.00. The van der Waals surface area contributed by atoms with Gasteiger partial charge in [-0.1, -0.05) is 18.2 Å². The molecule has 2 heterocycles. The van der Waals surface area contributed by atoms with Crippen LogP contribution in [-0.2, 0) is 6.42 Å². The molecule has 2 N–H and O–H groups in total. The highest BCUT2D eigenvalue weighted by atomic mass is 16.3. The summed E-state index contributed by atoms with van der Waals surface area (Å²) in [5, 5.41) is 1.09. The molecule has 0 aliphatic rings. The predicted octanol–water partition coefficient (Wildman–Crippen LogP) is 3.27. The first kappa shape index (κ1) is 10.2. The SMILES string of the molecule is NC(Cc1ccoc1)c1cc2ccccc2o1. The standard InChI is InChI=1S/C14H13NO2/c15-12(7-10-5-6-16-9-10)14-8-11-3-1-2-4-13(11)17-14/h1-6,8-9,12H,7,15H2. The van der Waals surface area contributed by atoms with Gasteiger partial charge >= 0.3 is 0 Å². The second-order valence-electron chi connectivity index (χ2n) is 4.13. The third-order valence-corrected chi connectivity index (χ3v) is 2.85. The summed E-state index contributed by atoms with van der Waals surface area (Å²) in [5.41, 5.74) is 8.08. The fourth-order valence-corrected chi connectivity index (χ4v) is 1.95. The van der Waals surface area contributed by atoms with Gasteiger partial charge in [0.1, 0.15) is 11.3 Å². The molecule has 0 bridgehead atoms. The molecule has 1 atom stereocenters. The first-order chi connectivity index (χ1) is 8.33. The van der Waals surface area contributed by atoms with Gasteiger partial charge in [-0.25, -0.2) is 0 Å². The fraction of sp³-hybridized carbons (Fsp3) is 0.143. The molecule has 3 heteroatoms. The highest BCUT2D eigenvalue weighted by molar-refractivity contribution is 5.77. The van der Waals surface area contributed by atoms with E-state index in [9.17, 15) is 0 Å². The third kappa shape index (κ3) is 1.97. The first-order valence-corrected chi connectivity index (χ1v) is 5.58. The van der Waals surface area contributed by atoms with Gasteiger partial charge in [0, 0.05) is 5.39 Å². The number of nitrogens with two attached hydrogens (primary N) is 1. The lowest BCUT2D eigenvalue weighted by Crippen LogP contribution is -2.11. The summed E-state index contributed by atoms with van der Waals surface area (Å²) in [6.07, 6.45) is 4.08. The number of para-hydroxylation sites is 1. The van der Waals surface area contributed by atoms with E-state index < -0.39 is 0 Å². The van der Waals surface area contributed by atoms with E-state index in [1.165, 1.54) is 0 Å². The van der Waals surface area contributed by atoms with Gasteiger partial charge in [-0.3, -0.25) is 0 Å². The van der Waals surface area contributed by atoms with Gasteiger partial charge in [-0.2, -0.15) is 0 Å². The summed E-state index contributed by atoms with van der Waals surface area (Å²) in [6, 6.07) is 11.7. The Balaban J connectivity index is 1.88. The van der Waals surface area contributed by atoms with E-state index in [-0.39, 0.29) is 6.04 Å². The van der Waals surface area contributed by atoms with E-state index in [1.807, 2.05) is 36.4 Å². The highest BCUT2D eigenvalue weighted by Crippen LogP contribution is 2.24. The van der Waals surface area contributed by atoms with Crippen LogP contribution < -0.4 is 5.73 Å². The minimum atomic E-state index is -0.139. The maximum absolute atomic E-state index is 6.11. The van der Waals surface area contributed by atoms with E-state index in [4.69, 9.17) is 14.6 Å². The molecule has 0 fully saturated rings. The number of furan rings is 2. The molecule has 0 amide bonds. The van der Waals surface area contributed by atoms with Crippen LogP contribution in [0.3, 0.4) is 0 Å². The van der Waals surface area contributed by atoms with Crippen molar-refractivity contribution < 1.29 is 8.83 Å². The van der Waals surface area contributed by atoms with Crippen molar-refractivity contribution in [1.29, 1.82) is 0 Å². The van der Waals surface area contributed by atoms with Crippen molar-refractivity contribution >= 4 is 11.0 Å². The van der Waals surface area contributed by atoms with Crippen molar-refractivity contribution in [1.82, 2.24) is 0 Å². The maximum Gasteiger partial charge on any atom is 0.134 e. The number of rotatable bonds is 3. The number of hydrogen-bond donors (Lipinski definition) is 1. The summed E-state index contributed by atoms with van der Waals surface area (Å²) >= 11 is 0. The fourth-order valence-electron chi connectivity index (χ4n) is 1.95. The Morgan fingerprint density at radius 3 is 2.82 bits per heavy atom. The molecule has 2 aromatic heterocycles. The highest BCUT2D eigenvalue weighted by Gasteiger charge is 2.12. The summed E-state index contributed by atoms with van der Waals surface area (Å²) in [6.45, 7) is 0. The van der Waals surface area contributed by atoms with Crippen LogP contribution >= 0.6 is 0 Å². The zero-order valence-electron chi connectivity index (χ0n) is 9.30. The smallest absolute Gasteiger partial charge is 0.134 e. The summed E-state index contributed by atoms with van der Waals surface area (Å²) in [7, 11) is 0. The molecule has 0 radical (unpaired) electrons. The quantitative estimate of drug-likeness (QED) is 0.747. The van der Waals surface area contributed by atoms with Gasteiger partial charge in [0.05, 0.1) is 18.6 Å². The van der Waals surface area contributed by atoms with Crippen molar-refractivity contribution in [3.05, 3.63) is 60.2 Å². The van der Waals surface area contributed by atoms with E-state index in [0.29, 0.717) is 0 Å². The molecular formula is C14H13NO2. The molecule has 17 heavy (non-hydrogen) atoms. The predicted molar refractivity (Wildman–Crippen MR) is 65.6 cm³/mol. The van der Waals surface area contributed by atoms with Crippen LogP contribution in [-0.4, -0.2) is 0 Å². The van der Waals surface area contributed by atoms with Gasteiger partial charge in [-0.15, -0.1) is 0 Å². The minimum absolute atomic E-state index is 0.139. The van der Waals surface area contributed by atoms with E-state index in [2.05, 4.69) is 0 Å². The molecule has 3 nitrogen and oxygen atoms in total. The Morgan fingerprint density at radius 1 is 1.18 bits per heavy atom. The zero-order chi connectivity index (χ0) is 11.7. The van der Waals surface area contributed by atoms with Crippen LogP contribution in [0.5, 0.6) is 0 Å². The Morgan fingerprint density at radius 2 is 2.06 bits per heavy atom. The largest absolute Gasteiger partial charge is 0.472 e. The Bertz CT molecular complexity index is 577. The molecule has 3 rings (SSSR count). The molecule has 0 aliphatic heterocycles. The van der Waals surface area contributed by atoms with E-state index >= 15 is 0 Å². The second-order valence-corrected chi connectivity index (χ2v) is 4.13. The van der Waals surface area contributed by atoms with Gasteiger partial charge in [0.25, 0.3) is 0 Å². The third-order valence-electron chi connectivity index (χ3n) is 2.85. The molecular weight excluding hydrogens is 214 g/mol.